The first-order valence-corrected chi connectivity index (χ1v) is 12.0. The number of aliphatic hydroxyl groups excluding tert-OH is 1. The van der Waals surface area contributed by atoms with Gasteiger partial charge in [0.1, 0.15) is 11.6 Å². The first-order valence-electron chi connectivity index (χ1n) is 12.0. The molecule has 0 radical (unpaired) electrons. The summed E-state index contributed by atoms with van der Waals surface area (Å²) in [5, 5.41) is 13.2. The van der Waals surface area contributed by atoms with Crippen LogP contribution in [-0.2, 0) is 30.4 Å². The Morgan fingerprint density at radius 1 is 1.30 bits per heavy atom. The lowest BCUT2D eigenvalue weighted by Crippen LogP contribution is -2.59. The summed E-state index contributed by atoms with van der Waals surface area (Å²) in [6.07, 6.45) is 1.41. The molecular formula is C25H34N2O6. The molecule has 2 amide bonds. The summed E-state index contributed by atoms with van der Waals surface area (Å²) in [5.41, 5.74) is -0.140. The van der Waals surface area contributed by atoms with Crippen LogP contribution in [0.4, 0.5) is 0 Å². The second-order valence-electron chi connectivity index (χ2n) is 9.39. The largest absolute Gasteiger partial charge is 0.466 e. The first kappa shape index (κ1) is 23.7. The highest BCUT2D eigenvalue weighted by molar-refractivity contribution is 5.98. The summed E-state index contributed by atoms with van der Waals surface area (Å²) in [5.74, 6) is -2.59. The van der Waals surface area contributed by atoms with E-state index in [-0.39, 0.29) is 30.9 Å². The standard InChI is InChI=1S/C25H34N2O6/c1-4-15(3)17(14-28)27-21(22(29)26-13-16-9-7-6-8-10-16)25-12-11-18(33-25)19(20(25)23(27)30)24(31)32-5-2/h6-10,15,17-21,28H,4-5,11-14H2,1-3H3,(H,26,29)/t15-,17-,18+,19-,20-,21+,25-/m0/s1. The first-order chi connectivity index (χ1) is 15.9. The number of hydrogen-bond donors (Lipinski definition) is 2. The van der Waals surface area contributed by atoms with Crippen molar-refractivity contribution in [1.29, 1.82) is 0 Å². The molecule has 2 N–H and O–H groups in total. The van der Waals surface area contributed by atoms with E-state index in [1.54, 1.807) is 6.92 Å². The van der Waals surface area contributed by atoms with E-state index in [1.165, 1.54) is 4.90 Å². The summed E-state index contributed by atoms with van der Waals surface area (Å²) in [4.78, 5) is 41.8. The lowest BCUT2D eigenvalue weighted by molar-refractivity contribution is -0.156. The van der Waals surface area contributed by atoms with Crippen LogP contribution in [0.15, 0.2) is 30.3 Å². The van der Waals surface area contributed by atoms with E-state index in [0.29, 0.717) is 19.4 Å². The number of aliphatic hydroxyl groups is 1. The van der Waals surface area contributed by atoms with Gasteiger partial charge < -0.3 is 24.8 Å². The van der Waals surface area contributed by atoms with Gasteiger partial charge in [-0.05, 0) is 31.2 Å². The van der Waals surface area contributed by atoms with Crippen LogP contribution in [0.5, 0.6) is 0 Å². The fourth-order valence-corrected chi connectivity index (χ4v) is 5.95. The normalized spacial score (nSPS) is 31.9. The molecule has 1 aromatic carbocycles. The SMILES string of the molecule is CCOC(=O)[C@@H]1[C@H]2C(=O)N([C@@H](CO)[C@@H](C)CC)[C@H](C(=O)NCc3ccccc3)[C@]23CC[C@H]1O3. The second kappa shape index (κ2) is 9.43. The molecule has 0 aliphatic carbocycles. The molecule has 3 aliphatic rings. The van der Waals surface area contributed by atoms with Crippen molar-refractivity contribution in [2.24, 2.45) is 17.8 Å². The third-order valence-electron chi connectivity index (χ3n) is 7.70. The molecule has 3 saturated heterocycles. The van der Waals surface area contributed by atoms with Crippen LogP contribution in [0.2, 0.25) is 0 Å². The van der Waals surface area contributed by atoms with Crippen LogP contribution in [-0.4, -0.2) is 64.8 Å². The Balaban J connectivity index is 1.70. The van der Waals surface area contributed by atoms with Gasteiger partial charge in [0.25, 0.3) is 0 Å². The van der Waals surface area contributed by atoms with Gasteiger partial charge in [-0.15, -0.1) is 0 Å². The molecule has 4 rings (SSSR count). The molecule has 3 heterocycles. The van der Waals surface area contributed by atoms with E-state index in [9.17, 15) is 19.5 Å². The molecule has 3 aliphatic heterocycles. The molecule has 8 heteroatoms. The van der Waals surface area contributed by atoms with Crippen molar-refractivity contribution in [3.05, 3.63) is 35.9 Å². The minimum atomic E-state index is -1.08. The van der Waals surface area contributed by atoms with Crippen molar-refractivity contribution < 1.29 is 29.0 Å². The average molecular weight is 459 g/mol. The lowest BCUT2D eigenvalue weighted by atomic mass is 9.70. The highest BCUT2D eigenvalue weighted by atomic mass is 16.6. The molecule has 7 atom stereocenters. The number of benzene rings is 1. The Kier molecular flexibility index (Phi) is 6.77. The third-order valence-corrected chi connectivity index (χ3v) is 7.70. The molecule has 0 saturated carbocycles. The number of esters is 1. The number of ether oxygens (including phenoxy) is 2. The number of hydrogen-bond acceptors (Lipinski definition) is 6. The zero-order chi connectivity index (χ0) is 23.8. The van der Waals surface area contributed by atoms with Gasteiger partial charge in [-0.25, -0.2) is 0 Å². The van der Waals surface area contributed by atoms with Crippen LogP contribution in [0, 0.1) is 17.8 Å². The van der Waals surface area contributed by atoms with Gasteiger partial charge in [0.15, 0.2) is 0 Å². The minimum Gasteiger partial charge on any atom is -0.466 e. The van der Waals surface area contributed by atoms with E-state index in [1.807, 2.05) is 44.2 Å². The van der Waals surface area contributed by atoms with Crippen molar-refractivity contribution in [2.45, 2.75) is 70.4 Å². The fourth-order valence-electron chi connectivity index (χ4n) is 5.95. The Morgan fingerprint density at radius 3 is 2.67 bits per heavy atom. The minimum absolute atomic E-state index is 0.0307. The van der Waals surface area contributed by atoms with Crippen LogP contribution in [0.25, 0.3) is 0 Å². The molecular weight excluding hydrogens is 424 g/mol. The monoisotopic (exact) mass is 458 g/mol. The molecule has 1 spiro atoms. The lowest BCUT2D eigenvalue weighted by Gasteiger charge is -2.38. The maximum atomic E-state index is 13.8. The molecule has 180 valence electrons. The Hall–Kier alpha value is -2.45. The summed E-state index contributed by atoms with van der Waals surface area (Å²) in [7, 11) is 0. The molecule has 0 unspecified atom stereocenters. The third kappa shape index (κ3) is 3.83. The molecule has 1 aromatic rings. The number of likely N-dealkylation sites (tertiary alicyclic amines) is 1. The summed E-state index contributed by atoms with van der Waals surface area (Å²) in [6.45, 7) is 5.94. The number of carbonyl (C=O) groups excluding carboxylic acids is 3. The van der Waals surface area contributed by atoms with Crippen LogP contribution in [0.1, 0.15) is 45.6 Å². The molecule has 33 heavy (non-hydrogen) atoms. The van der Waals surface area contributed by atoms with E-state index in [4.69, 9.17) is 9.47 Å². The summed E-state index contributed by atoms with van der Waals surface area (Å²) >= 11 is 0. The topological polar surface area (TPSA) is 105 Å². The molecule has 3 fully saturated rings. The molecule has 8 nitrogen and oxygen atoms in total. The van der Waals surface area contributed by atoms with Crippen molar-refractivity contribution >= 4 is 17.8 Å². The Bertz CT molecular complexity index is 892. The van der Waals surface area contributed by atoms with Crippen molar-refractivity contribution in [1.82, 2.24) is 10.2 Å². The Labute approximate surface area is 194 Å². The van der Waals surface area contributed by atoms with Gasteiger partial charge in [0.05, 0.1) is 37.2 Å². The predicted molar refractivity (Wildman–Crippen MR) is 120 cm³/mol. The van der Waals surface area contributed by atoms with Crippen LogP contribution >= 0.6 is 0 Å². The number of fused-ring (bicyclic) bond motifs is 1. The smallest absolute Gasteiger partial charge is 0.312 e. The Morgan fingerprint density at radius 2 is 2.03 bits per heavy atom. The zero-order valence-electron chi connectivity index (χ0n) is 19.5. The van der Waals surface area contributed by atoms with E-state index in [2.05, 4.69) is 5.32 Å². The number of nitrogens with one attached hydrogen (secondary N) is 1. The summed E-state index contributed by atoms with van der Waals surface area (Å²) in [6, 6.07) is 8.10. The van der Waals surface area contributed by atoms with E-state index >= 15 is 0 Å². The van der Waals surface area contributed by atoms with Gasteiger partial charge >= 0.3 is 5.97 Å². The number of amides is 2. The fraction of sp³-hybridized carbons (Fsp3) is 0.640. The van der Waals surface area contributed by atoms with E-state index < -0.39 is 41.6 Å². The number of rotatable bonds is 9. The predicted octanol–water partition coefficient (Wildman–Crippen LogP) is 1.65. The van der Waals surface area contributed by atoms with Crippen molar-refractivity contribution in [3.63, 3.8) is 0 Å². The van der Waals surface area contributed by atoms with Crippen molar-refractivity contribution in [3.8, 4) is 0 Å². The quantitative estimate of drug-likeness (QED) is 0.545. The van der Waals surface area contributed by atoms with Gasteiger partial charge in [0.2, 0.25) is 11.8 Å². The number of nitrogens with zero attached hydrogens (tertiary/aromatic N) is 1. The van der Waals surface area contributed by atoms with Gasteiger partial charge in [0, 0.05) is 6.54 Å². The maximum Gasteiger partial charge on any atom is 0.312 e. The van der Waals surface area contributed by atoms with Crippen LogP contribution < -0.4 is 5.32 Å². The van der Waals surface area contributed by atoms with Crippen molar-refractivity contribution in [2.75, 3.05) is 13.2 Å². The maximum absolute atomic E-state index is 13.8. The van der Waals surface area contributed by atoms with Gasteiger partial charge in [-0.1, -0.05) is 50.6 Å². The zero-order valence-corrected chi connectivity index (χ0v) is 19.5. The van der Waals surface area contributed by atoms with Crippen LogP contribution in [0.3, 0.4) is 0 Å². The van der Waals surface area contributed by atoms with E-state index in [0.717, 1.165) is 12.0 Å². The molecule has 0 aromatic heterocycles. The number of carbonyl (C=O) groups is 3. The highest BCUT2D eigenvalue weighted by Gasteiger charge is 2.75. The van der Waals surface area contributed by atoms with Gasteiger partial charge in [-0.2, -0.15) is 0 Å². The second-order valence-corrected chi connectivity index (χ2v) is 9.39. The summed E-state index contributed by atoms with van der Waals surface area (Å²) < 4.78 is 11.6. The highest BCUT2D eigenvalue weighted by Crippen LogP contribution is 2.59. The van der Waals surface area contributed by atoms with Gasteiger partial charge in [-0.3, -0.25) is 14.4 Å². The molecule has 2 bridgehead atoms. The average Bonchev–Trinajstić information content (AvgIpc) is 3.46.